The van der Waals surface area contributed by atoms with Crippen LogP contribution in [0.1, 0.15) is 44.1 Å². The van der Waals surface area contributed by atoms with Crippen molar-refractivity contribution in [3.8, 4) is 5.75 Å². The van der Waals surface area contributed by atoms with Crippen LogP contribution in [0.3, 0.4) is 0 Å². The van der Waals surface area contributed by atoms with Crippen LogP contribution in [0.25, 0.3) is 10.8 Å². The number of carbonyl (C=O) groups is 1. The molecule has 2 fully saturated rings. The second kappa shape index (κ2) is 9.79. The van der Waals surface area contributed by atoms with Crippen molar-refractivity contribution in [2.45, 2.75) is 63.3 Å². The Morgan fingerprint density at radius 3 is 2.59 bits per heavy atom. The van der Waals surface area contributed by atoms with Crippen LogP contribution in [-0.4, -0.2) is 42.7 Å². The van der Waals surface area contributed by atoms with Crippen molar-refractivity contribution in [1.29, 1.82) is 0 Å². The summed E-state index contributed by atoms with van der Waals surface area (Å²) in [7, 11) is 1.70. The summed E-state index contributed by atoms with van der Waals surface area (Å²) in [5.41, 5.74) is 6.83. The highest BCUT2D eigenvalue weighted by molar-refractivity contribution is 5.89. The lowest BCUT2D eigenvalue weighted by atomic mass is 10.0. The van der Waals surface area contributed by atoms with Gasteiger partial charge in [-0.05, 0) is 42.5 Å². The van der Waals surface area contributed by atoms with E-state index in [0.29, 0.717) is 13.1 Å². The first-order valence-electron chi connectivity index (χ1n) is 10.4. The van der Waals surface area contributed by atoms with Gasteiger partial charge in [0, 0.05) is 18.2 Å². The molecule has 0 bridgehead atoms. The van der Waals surface area contributed by atoms with Crippen LogP contribution in [0.15, 0.2) is 36.4 Å². The van der Waals surface area contributed by atoms with E-state index in [4.69, 9.17) is 15.2 Å². The summed E-state index contributed by atoms with van der Waals surface area (Å²) in [6, 6.07) is 12.7. The van der Waals surface area contributed by atoms with Gasteiger partial charge in [0.2, 0.25) is 0 Å². The minimum absolute atomic E-state index is 0. The minimum atomic E-state index is -0.366. The maximum absolute atomic E-state index is 13.5. The Morgan fingerprint density at radius 1 is 1.14 bits per heavy atom. The lowest BCUT2D eigenvalue weighted by molar-refractivity contribution is -0.145. The zero-order chi connectivity index (χ0) is 19.5. The van der Waals surface area contributed by atoms with Crippen LogP contribution >= 0.6 is 12.4 Å². The summed E-state index contributed by atoms with van der Waals surface area (Å²) in [5, 5.41) is 2.31. The summed E-state index contributed by atoms with van der Waals surface area (Å²) >= 11 is 0. The maximum Gasteiger partial charge on any atom is 0.252 e. The molecule has 4 rings (SSSR count). The van der Waals surface area contributed by atoms with Gasteiger partial charge in [0.15, 0.2) is 0 Å². The van der Waals surface area contributed by atoms with Crippen molar-refractivity contribution in [1.82, 2.24) is 4.90 Å². The number of halogens is 1. The molecule has 0 unspecified atom stereocenters. The smallest absolute Gasteiger partial charge is 0.252 e. The molecule has 158 valence electrons. The van der Waals surface area contributed by atoms with Crippen LogP contribution in [0.2, 0.25) is 0 Å². The first kappa shape index (κ1) is 21.9. The lowest BCUT2D eigenvalue weighted by Gasteiger charge is -2.32. The van der Waals surface area contributed by atoms with Crippen LogP contribution in [0.5, 0.6) is 5.75 Å². The number of carbonyl (C=O) groups excluding carboxylic acids is 1. The molecule has 1 aliphatic carbocycles. The Balaban J connectivity index is 0.00000240. The Labute approximate surface area is 178 Å². The average Bonchev–Trinajstić information content (AvgIpc) is 3.43. The van der Waals surface area contributed by atoms with Gasteiger partial charge in [-0.1, -0.05) is 43.2 Å². The molecule has 1 saturated heterocycles. The van der Waals surface area contributed by atoms with E-state index >= 15 is 0 Å². The van der Waals surface area contributed by atoms with Crippen molar-refractivity contribution in [2.75, 3.05) is 13.7 Å². The molecule has 2 aromatic rings. The third-order valence-electron chi connectivity index (χ3n) is 6.24. The molecule has 0 aromatic heterocycles. The van der Waals surface area contributed by atoms with Crippen molar-refractivity contribution >= 4 is 29.1 Å². The predicted molar refractivity (Wildman–Crippen MR) is 118 cm³/mol. The summed E-state index contributed by atoms with van der Waals surface area (Å²) in [4.78, 5) is 15.5. The third-order valence-corrected chi connectivity index (χ3v) is 6.24. The van der Waals surface area contributed by atoms with Crippen molar-refractivity contribution in [2.24, 2.45) is 5.73 Å². The number of nitrogens with zero attached hydrogens (tertiary/aromatic N) is 1. The van der Waals surface area contributed by atoms with E-state index in [1.165, 1.54) is 12.8 Å². The number of fused-ring (bicyclic) bond motifs is 1. The van der Waals surface area contributed by atoms with Gasteiger partial charge in [0.25, 0.3) is 5.91 Å². The van der Waals surface area contributed by atoms with E-state index in [1.54, 1.807) is 7.11 Å². The predicted octanol–water partition coefficient (Wildman–Crippen LogP) is 4.05. The van der Waals surface area contributed by atoms with Gasteiger partial charge in [-0.2, -0.15) is 0 Å². The summed E-state index contributed by atoms with van der Waals surface area (Å²) in [5.74, 6) is 0.944. The Bertz CT molecular complexity index is 838. The largest absolute Gasteiger partial charge is 0.496 e. The highest BCUT2D eigenvalue weighted by Crippen LogP contribution is 2.33. The van der Waals surface area contributed by atoms with E-state index in [1.807, 2.05) is 18.2 Å². The molecule has 2 N–H and O–H groups in total. The molecule has 2 aromatic carbocycles. The fourth-order valence-corrected chi connectivity index (χ4v) is 4.69. The summed E-state index contributed by atoms with van der Waals surface area (Å²) in [6.07, 6.45) is 5.74. The lowest BCUT2D eigenvalue weighted by Crippen LogP contribution is -2.44. The molecule has 1 amide bonds. The zero-order valence-corrected chi connectivity index (χ0v) is 17.8. The normalized spacial score (nSPS) is 21.9. The van der Waals surface area contributed by atoms with Crippen molar-refractivity contribution in [3.05, 3.63) is 42.0 Å². The minimum Gasteiger partial charge on any atom is -0.496 e. The molecule has 5 nitrogen and oxygen atoms in total. The summed E-state index contributed by atoms with van der Waals surface area (Å²) in [6.45, 7) is 1.03. The molecule has 0 spiro atoms. The molecular formula is C23H31ClN2O3. The highest BCUT2D eigenvalue weighted by Gasteiger charge is 2.37. The number of nitrogens with two attached hydrogens (primary N) is 1. The monoisotopic (exact) mass is 418 g/mol. The van der Waals surface area contributed by atoms with Crippen molar-refractivity contribution < 1.29 is 14.3 Å². The average molecular weight is 419 g/mol. The van der Waals surface area contributed by atoms with Gasteiger partial charge in [-0.25, -0.2) is 0 Å². The fraction of sp³-hybridized carbons (Fsp3) is 0.522. The Kier molecular flexibility index (Phi) is 7.38. The molecular weight excluding hydrogens is 388 g/mol. The van der Waals surface area contributed by atoms with Gasteiger partial charge in [0.1, 0.15) is 11.9 Å². The number of benzene rings is 2. The van der Waals surface area contributed by atoms with E-state index < -0.39 is 0 Å². The van der Waals surface area contributed by atoms with Crippen LogP contribution < -0.4 is 10.5 Å². The van der Waals surface area contributed by atoms with Crippen LogP contribution in [0, 0.1) is 0 Å². The SMILES string of the molecule is COc1ccc2ccccc2c1CN(C(=O)[C@@H]1CC[C@H](CN)O1)C1CCCC1.Cl. The van der Waals surface area contributed by atoms with Gasteiger partial charge >= 0.3 is 0 Å². The number of rotatable bonds is 6. The van der Waals surface area contributed by atoms with E-state index in [9.17, 15) is 4.79 Å². The van der Waals surface area contributed by atoms with Crippen LogP contribution in [-0.2, 0) is 16.1 Å². The quantitative estimate of drug-likeness (QED) is 0.768. The van der Waals surface area contributed by atoms with Gasteiger partial charge < -0.3 is 20.1 Å². The number of methoxy groups -OCH3 is 1. The molecule has 2 atom stereocenters. The second-order valence-corrected chi connectivity index (χ2v) is 7.93. The van der Waals surface area contributed by atoms with Gasteiger partial charge in [-0.15, -0.1) is 12.4 Å². The molecule has 1 aliphatic heterocycles. The zero-order valence-electron chi connectivity index (χ0n) is 17.0. The van der Waals surface area contributed by atoms with Crippen molar-refractivity contribution in [3.63, 3.8) is 0 Å². The first-order valence-corrected chi connectivity index (χ1v) is 10.4. The summed E-state index contributed by atoms with van der Waals surface area (Å²) < 4.78 is 11.6. The van der Waals surface area contributed by atoms with Gasteiger partial charge in [-0.3, -0.25) is 4.79 Å². The van der Waals surface area contributed by atoms with E-state index in [2.05, 4.69) is 23.1 Å². The molecule has 2 aliphatic rings. The molecule has 1 heterocycles. The maximum atomic E-state index is 13.5. The second-order valence-electron chi connectivity index (χ2n) is 7.93. The van der Waals surface area contributed by atoms with Crippen LogP contribution in [0.4, 0.5) is 0 Å². The number of hydrogen-bond acceptors (Lipinski definition) is 4. The molecule has 29 heavy (non-hydrogen) atoms. The molecule has 1 saturated carbocycles. The fourth-order valence-electron chi connectivity index (χ4n) is 4.69. The number of ether oxygens (including phenoxy) is 2. The third kappa shape index (κ3) is 4.52. The van der Waals surface area contributed by atoms with E-state index in [-0.39, 0.29) is 36.6 Å². The number of amides is 1. The molecule has 6 heteroatoms. The number of hydrogen-bond donors (Lipinski definition) is 1. The topological polar surface area (TPSA) is 64.8 Å². The molecule has 0 radical (unpaired) electrons. The van der Waals surface area contributed by atoms with E-state index in [0.717, 1.165) is 47.8 Å². The Hall–Kier alpha value is -1.82. The Morgan fingerprint density at radius 2 is 1.90 bits per heavy atom. The standard InChI is InChI=1S/C23H30N2O3.ClH/c1-27-21-12-10-16-6-2-5-9-19(16)20(21)15-25(17-7-3-4-8-17)23(26)22-13-11-18(14-24)28-22;/h2,5-6,9-10,12,17-18,22H,3-4,7-8,11,13-15,24H2,1H3;1H/t18-,22+;/m1./s1. The first-order chi connectivity index (χ1) is 13.7. The van der Waals surface area contributed by atoms with Gasteiger partial charge in [0.05, 0.1) is 19.8 Å². The highest BCUT2D eigenvalue weighted by atomic mass is 35.5.